The Kier molecular flexibility index (Phi) is 8.73. The molecule has 0 spiro atoms. The summed E-state index contributed by atoms with van der Waals surface area (Å²) in [5.41, 5.74) is 2.64. The molecule has 0 saturated carbocycles. The summed E-state index contributed by atoms with van der Waals surface area (Å²) < 4.78 is 0. The highest BCUT2D eigenvalue weighted by atomic mass is 16.2. The smallest absolute Gasteiger partial charge is 0.249 e. The Morgan fingerprint density at radius 3 is 2.65 bits per heavy atom. The number of anilines is 3. The Labute approximate surface area is 185 Å². The molecule has 0 radical (unpaired) electrons. The monoisotopic (exact) mass is 422 g/mol. The average molecular weight is 423 g/mol. The van der Waals surface area contributed by atoms with E-state index in [0.717, 1.165) is 30.0 Å². The zero-order valence-corrected chi connectivity index (χ0v) is 19.5. The van der Waals surface area contributed by atoms with Crippen molar-refractivity contribution < 1.29 is 4.79 Å². The minimum Gasteiger partial charge on any atom is -0.344 e. The normalized spacial score (nSPS) is 12.3. The molecule has 0 fully saturated rings. The van der Waals surface area contributed by atoms with Crippen LogP contribution in [0.5, 0.6) is 0 Å². The lowest BCUT2D eigenvalue weighted by atomic mass is 10.1. The fourth-order valence-corrected chi connectivity index (χ4v) is 3.25. The second-order valence-electron chi connectivity index (χ2n) is 7.92. The van der Waals surface area contributed by atoms with E-state index in [4.69, 9.17) is 4.98 Å². The third-order valence-electron chi connectivity index (χ3n) is 4.91. The van der Waals surface area contributed by atoms with E-state index in [1.807, 2.05) is 37.1 Å². The molecule has 1 atom stereocenters. The van der Waals surface area contributed by atoms with Gasteiger partial charge in [0.05, 0.1) is 5.69 Å². The Balaban J connectivity index is 2.31. The Bertz CT molecular complexity index is 939. The van der Waals surface area contributed by atoms with Crippen LogP contribution in [0.3, 0.4) is 0 Å². The van der Waals surface area contributed by atoms with E-state index >= 15 is 0 Å². The first-order valence-electron chi connectivity index (χ1n) is 10.6. The van der Waals surface area contributed by atoms with Crippen LogP contribution >= 0.6 is 0 Å². The molecule has 2 rings (SSSR count). The standard InChI is InChI=1S/C24H34N6O/c1-8-10-18(4)23(31)30(7)16-19(5)20-15-22(27-21-14-17(3)11-12-25-21)28-24(26-20)29(6)13-9-2/h8,10-12,14-15,19H,1,9,13,16H2,2-7H3,(H,25,26,27,28)/b18-10+. The van der Waals surface area contributed by atoms with Crippen molar-refractivity contribution in [2.24, 2.45) is 0 Å². The minimum atomic E-state index is -0.0218. The zero-order chi connectivity index (χ0) is 23.0. The number of aryl methyl sites for hydroxylation is 1. The van der Waals surface area contributed by atoms with Gasteiger partial charge in [0.1, 0.15) is 11.6 Å². The first-order valence-corrected chi connectivity index (χ1v) is 10.6. The summed E-state index contributed by atoms with van der Waals surface area (Å²) >= 11 is 0. The predicted molar refractivity (Wildman–Crippen MR) is 128 cm³/mol. The van der Waals surface area contributed by atoms with Crippen molar-refractivity contribution >= 4 is 23.5 Å². The van der Waals surface area contributed by atoms with Gasteiger partial charge in [-0.05, 0) is 38.0 Å². The Morgan fingerprint density at radius 1 is 1.26 bits per heavy atom. The fraction of sp³-hybridized carbons (Fsp3) is 0.417. The highest BCUT2D eigenvalue weighted by molar-refractivity contribution is 5.92. The van der Waals surface area contributed by atoms with Crippen molar-refractivity contribution in [1.82, 2.24) is 19.9 Å². The Hall–Kier alpha value is -3.22. The van der Waals surface area contributed by atoms with Crippen LogP contribution in [0, 0.1) is 6.92 Å². The highest BCUT2D eigenvalue weighted by Gasteiger charge is 2.18. The van der Waals surface area contributed by atoms with Crippen LogP contribution in [-0.2, 0) is 4.79 Å². The first-order chi connectivity index (χ1) is 14.7. The van der Waals surface area contributed by atoms with Crippen molar-refractivity contribution in [3.8, 4) is 0 Å². The number of carbonyl (C=O) groups is 1. The number of likely N-dealkylation sites (N-methyl/N-ethyl adjacent to an activating group) is 1. The van der Waals surface area contributed by atoms with Gasteiger partial charge < -0.3 is 15.1 Å². The maximum atomic E-state index is 12.5. The van der Waals surface area contributed by atoms with E-state index < -0.39 is 0 Å². The lowest BCUT2D eigenvalue weighted by Crippen LogP contribution is -2.31. The molecule has 0 bridgehead atoms. The summed E-state index contributed by atoms with van der Waals surface area (Å²) in [7, 11) is 3.79. The van der Waals surface area contributed by atoms with E-state index in [0.29, 0.717) is 23.9 Å². The number of allylic oxidation sites excluding steroid dienone is 2. The van der Waals surface area contributed by atoms with E-state index in [9.17, 15) is 4.79 Å². The van der Waals surface area contributed by atoms with Crippen LogP contribution in [-0.4, -0.2) is 52.9 Å². The molecule has 2 aromatic rings. The van der Waals surface area contributed by atoms with Crippen molar-refractivity contribution in [3.05, 3.63) is 60.0 Å². The van der Waals surface area contributed by atoms with E-state index in [-0.39, 0.29) is 11.8 Å². The van der Waals surface area contributed by atoms with Gasteiger partial charge in [-0.2, -0.15) is 4.98 Å². The molecule has 7 nitrogen and oxygen atoms in total. The quantitative estimate of drug-likeness (QED) is 0.450. The molecule has 1 N–H and O–H groups in total. The molecular formula is C24H34N6O. The molecule has 1 amide bonds. The molecule has 0 aliphatic rings. The van der Waals surface area contributed by atoms with Gasteiger partial charge in [0.2, 0.25) is 11.9 Å². The maximum absolute atomic E-state index is 12.5. The second-order valence-corrected chi connectivity index (χ2v) is 7.92. The highest BCUT2D eigenvalue weighted by Crippen LogP contribution is 2.23. The number of rotatable bonds is 10. The van der Waals surface area contributed by atoms with E-state index in [1.165, 1.54) is 0 Å². The number of nitrogens with one attached hydrogen (secondary N) is 1. The SMILES string of the molecule is C=C/C=C(\C)C(=O)N(C)CC(C)c1cc(Nc2cc(C)ccn2)nc(N(C)CCC)n1. The number of hydrogen-bond acceptors (Lipinski definition) is 6. The molecule has 0 aliphatic heterocycles. The topological polar surface area (TPSA) is 74.2 Å². The second kappa shape index (κ2) is 11.2. The van der Waals surface area contributed by atoms with Crippen molar-refractivity contribution in [1.29, 1.82) is 0 Å². The largest absolute Gasteiger partial charge is 0.344 e. The van der Waals surface area contributed by atoms with Gasteiger partial charge in [-0.3, -0.25) is 4.79 Å². The van der Waals surface area contributed by atoms with Crippen LogP contribution in [0.15, 0.2) is 48.7 Å². The summed E-state index contributed by atoms with van der Waals surface area (Å²) in [6.45, 7) is 13.1. The average Bonchev–Trinajstić information content (AvgIpc) is 2.73. The maximum Gasteiger partial charge on any atom is 0.249 e. The summed E-state index contributed by atoms with van der Waals surface area (Å²) in [6, 6.07) is 5.86. The third kappa shape index (κ3) is 6.91. The zero-order valence-electron chi connectivity index (χ0n) is 19.5. The van der Waals surface area contributed by atoms with E-state index in [1.54, 1.807) is 37.2 Å². The van der Waals surface area contributed by atoms with Gasteiger partial charge in [0.15, 0.2) is 0 Å². The van der Waals surface area contributed by atoms with Crippen LogP contribution in [0.4, 0.5) is 17.6 Å². The van der Waals surface area contributed by atoms with Gasteiger partial charge >= 0.3 is 0 Å². The molecule has 31 heavy (non-hydrogen) atoms. The fourth-order valence-electron chi connectivity index (χ4n) is 3.25. The van der Waals surface area contributed by atoms with E-state index in [2.05, 4.69) is 35.7 Å². The molecule has 0 saturated heterocycles. The van der Waals surface area contributed by atoms with Crippen LogP contribution < -0.4 is 10.2 Å². The molecule has 0 aliphatic carbocycles. The molecule has 0 aromatic carbocycles. The lowest BCUT2D eigenvalue weighted by Gasteiger charge is -2.24. The number of nitrogens with zero attached hydrogens (tertiary/aromatic N) is 5. The van der Waals surface area contributed by atoms with Gasteiger partial charge in [0, 0.05) is 50.9 Å². The molecule has 1 unspecified atom stereocenters. The summed E-state index contributed by atoms with van der Waals surface area (Å²) in [4.78, 5) is 30.2. The summed E-state index contributed by atoms with van der Waals surface area (Å²) in [6.07, 6.45) is 6.12. The first kappa shape index (κ1) is 24.1. The molecular weight excluding hydrogens is 388 g/mol. The summed E-state index contributed by atoms with van der Waals surface area (Å²) in [5, 5.41) is 3.30. The van der Waals surface area contributed by atoms with Crippen molar-refractivity contribution in [2.45, 2.75) is 40.0 Å². The van der Waals surface area contributed by atoms with Gasteiger partial charge in [-0.1, -0.05) is 32.6 Å². The van der Waals surface area contributed by atoms with Crippen molar-refractivity contribution in [2.75, 3.05) is 37.4 Å². The Morgan fingerprint density at radius 2 is 2.00 bits per heavy atom. The van der Waals surface area contributed by atoms with Gasteiger partial charge in [-0.15, -0.1) is 0 Å². The third-order valence-corrected chi connectivity index (χ3v) is 4.91. The van der Waals surface area contributed by atoms with Crippen molar-refractivity contribution in [3.63, 3.8) is 0 Å². The number of hydrogen-bond donors (Lipinski definition) is 1. The molecule has 2 heterocycles. The number of aromatic nitrogens is 3. The predicted octanol–water partition coefficient (Wildman–Crippen LogP) is 4.46. The molecule has 2 aromatic heterocycles. The number of carbonyl (C=O) groups excluding carboxylic acids is 1. The molecule has 7 heteroatoms. The number of amides is 1. The van der Waals surface area contributed by atoms with Crippen LogP contribution in [0.1, 0.15) is 44.4 Å². The van der Waals surface area contributed by atoms with Crippen LogP contribution in [0.25, 0.3) is 0 Å². The van der Waals surface area contributed by atoms with Gasteiger partial charge in [0.25, 0.3) is 0 Å². The minimum absolute atomic E-state index is 0.0216. The molecule has 166 valence electrons. The summed E-state index contributed by atoms with van der Waals surface area (Å²) in [5.74, 6) is 2.07. The lowest BCUT2D eigenvalue weighted by molar-refractivity contribution is -0.126. The van der Waals surface area contributed by atoms with Crippen LogP contribution in [0.2, 0.25) is 0 Å². The van der Waals surface area contributed by atoms with Gasteiger partial charge in [-0.25, -0.2) is 9.97 Å². The number of pyridine rings is 1.